The van der Waals surface area contributed by atoms with Crippen molar-refractivity contribution >= 4 is 17.3 Å². The van der Waals surface area contributed by atoms with Crippen LogP contribution in [0.5, 0.6) is 0 Å². The summed E-state index contributed by atoms with van der Waals surface area (Å²) in [5.74, 6) is 0.739. The van der Waals surface area contributed by atoms with E-state index >= 15 is 0 Å². The topological polar surface area (TPSA) is 41.6 Å². The van der Waals surface area contributed by atoms with E-state index in [1.807, 2.05) is 18.2 Å². The molecule has 0 bridgehead atoms. The molecular formula is C17H24N2O2. The summed E-state index contributed by atoms with van der Waals surface area (Å²) in [6.07, 6.45) is 5.64. The normalized spacial score (nSPS) is 19.7. The van der Waals surface area contributed by atoms with Gasteiger partial charge in [-0.3, -0.25) is 4.79 Å². The lowest BCUT2D eigenvalue weighted by Gasteiger charge is -2.30. The zero-order valence-electron chi connectivity index (χ0n) is 12.5. The predicted octanol–water partition coefficient (Wildman–Crippen LogP) is 3.04. The standard InChI is InChI=1S/C17H24N2O2/c20-17(13-14-5-1-2-6-14)18-15-7-3-4-8-16(15)19-9-11-21-12-10-19/h3-4,7-8,14H,1-2,5-6,9-13H2,(H,18,20). The van der Waals surface area contributed by atoms with Gasteiger partial charge in [-0.1, -0.05) is 25.0 Å². The van der Waals surface area contributed by atoms with Crippen molar-refractivity contribution in [1.82, 2.24) is 0 Å². The molecule has 2 aliphatic rings. The Hall–Kier alpha value is -1.55. The quantitative estimate of drug-likeness (QED) is 0.926. The molecule has 4 nitrogen and oxygen atoms in total. The summed E-state index contributed by atoms with van der Waals surface area (Å²) in [6, 6.07) is 8.08. The maximum absolute atomic E-state index is 12.2. The van der Waals surface area contributed by atoms with Crippen LogP contribution < -0.4 is 10.2 Å². The van der Waals surface area contributed by atoms with Crippen LogP contribution >= 0.6 is 0 Å². The van der Waals surface area contributed by atoms with Crippen LogP contribution in [0.25, 0.3) is 0 Å². The number of ether oxygens (including phenoxy) is 1. The third-order valence-electron chi connectivity index (χ3n) is 4.48. The number of morpholine rings is 1. The molecule has 1 N–H and O–H groups in total. The number of carbonyl (C=O) groups is 1. The first-order valence-corrected chi connectivity index (χ1v) is 8.04. The average molecular weight is 288 g/mol. The summed E-state index contributed by atoms with van der Waals surface area (Å²) >= 11 is 0. The van der Waals surface area contributed by atoms with Crippen LogP contribution in [0, 0.1) is 5.92 Å². The monoisotopic (exact) mass is 288 g/mol. The van der Waals surface area contributed by atoms with E-state index < -0.39 is 0 Å². The molecule has 1 aliphatic heterocycles. The van der Waals surface area contributed by atoms with Crippen molar-refractivity contribution in [2.75, 3.05) is 36.5 Å². The fraction of sp³-hybridized carbons (Fsp3) is 0.588. The largest absolute Gasteiger partial charge is 0.378 e. The molecule has 0 aromatic heterocycles. The summed E-state index contributed by atoms with van der Waals surface area (Å²) in [5.41, 5.74) is 2.04. The summed E-state index contributed by atoms with van der Waals surface area (Å²) in [5, 5.41) is 3.11. The molecule has 3 rings (SSSR count). The smallest absolute Gasteiger partial charge is 0.224 e. The molecule has 0 unspecified atom stereocenters. The van der Waals surface area contributed by atoms with E-state index in [1.165, 1.54) is 25.7 Å². The van der Waals surface area contributed by atoms with Crippen LogP contribution in [-0.2, 0) is 9.53 Å². The van der Waals surface area contributed by atoms with Crippen molar-refractivity contribution in [2.45, 2.75) is 32.1 Å². The number of rotatable bonds is 4. The van der Waals surface area contributed by atoms with Crippen LogP contribution in [0.15, 0.2) is 24.3 Å². The van der Waals surface area contributed by atoms with E-state index in [-0.39, 0.29) is 5.91 Å². The van der Waals surface area contributed by atoms with E-state index in [0.717, 1.165) is 37.7 Å². The molecule has 21 heavy (non-hydrogen) atoms. The summed E-state index contributed by atoms with van der Waals surface area (Å²) < 4.78 is 5.40. The number of para-hydroxylation sites is 2. The summed E-state index contributed by atoms with van der Waals surface area (Å²) in [4.78, 5) is 14.5. The second-order valence-corrected chi connectivity index (χ2v) is 6.02. The first-order chi connectivity index (χ1) is 10.3. The van der Waals surface area contributed by atoms with Crippen molar-refractivity contribution in [1.29, 1.82) is 0 Å². The zero-order chi connectivity index (χ0) is 14.5. The molecule has 0 atom stereocenters. The SMILES string of the molecule is O=C(CC1CCCC1)Nc1ccccc1N1CCOCC1. The number of nitrogens with one attached hydrogen (secondary N) is 1. The molecule has 4 heteroatoms. The highest BCUT2D eigenvalue weighted by atomic mass is 16.5. The fourth-order valence-electron chi connectivity index (χ4n) is 3.34. The second kappa shape index (κ2) is 6.94. The highest BCUT2D eigenvalue weighted by molar-refractivity contribution is 5.94. The van der Waals surface area contributed by atoms with Gasteiger partial charge in [0.15, 0.2) is 0 Å². The van der Waals surface area contributed by atoms with Gasteiger partial charge >= 0.3 is 0 Å². The molecule has 2 fully saturated rings. The maximum Gasteiger partial charge on any atom is 0.224 e. The first kappa shape index (κ1) is 14.4. The van der Waals surface area contributed by atoms with Crippen LogP contribution in [0.2, 0.25) is 0 Å². The highest BCUT2D eigenvalue weighted by Gasteiger charge is 2.20. The first-order valence-electron chi connectivity index (χ1n) is 8.04. The Morgan fingerprint density at radius 1 is 1.19 bits per heavy atom. The molecule has 1 aromatic carbocycles. The van der Waals surface area contributed by atoms with Crippen molar-refractivity contribution in [2.24, 2.45) is 5.92 Å². The van der Waals surface area contributed by atoms with E-state index in [0.29, 0.717) is 12.3 Å². The maximum atomic E-state index is 12.2. The highest BCUT2D eigenvalue weighted by Crippen LogP contribution is 2.30. The Morgan fingerprint density at radius 3 is 2.67 bits per heavy atom. The Kier molecular flexibility index (Phi) is 4.76. The van der Waals surface area contributed by atoms with Gasteiger partial charge in [0.25, 0.3) is 0 Å². The Labute approximate surface area is 126 Å². The Balaban J connectivity index is 1.65. The number of nitrogens with zero attached hydrogens (tertiary/aromatic N) is 1. The molecule has 1 amide bonds. The number of amides is 1. The predicted molar refractivity (Wildman–Crippen MR) is 84.7 cm³/mol. The van der Waals surface area contributed by atoms with Crippen molar-refractivity contribution in [3.63, 3.8) is 0 Å². The van der Waals surface area contributed by atoms with E-state index in [9.17, 15) is 4.79 Å². The van der Waals surface area contributed by atoms with E-state index in [1.54, 1.807) is 0 Å². The molecule has 1 saturated carbocycles. The minimum absolute atomic E-state index is 0.155. The van der Waals surface area contributed by atoms with Crippen LogP contribution in [0.3, 0.4) is 0 Å². The molecule has 0 spiro atoms. The third kappa shape index (κ3) is 3.76. The summed E-state index contributed by atoms with van der Waals surface area (Å²) in [7, 11) is 0. The third-order valence-corrected chi connectivity index (χ3v) is 4.48. The number of anilines is 2. The van der Waals surface area contributed by atoms with Crippen molar-refractivity contribution < 1.29 is 9.53 Å². The Morgan fingerprint density at radius 2 is 1.90 bits per heavy atom. The second-order valence-electron chi connectivity index (χ2n) is 6.02. The van der Waals surface area contributed by atoms with Crippen LogP contribution in [0.4, 0.5) is 11.4 Å². The number of hydrogen-bond donors (Lipinski definition) is 1. The lowest BCUT2D eigenvalue weighted by molar-refractivity contribution is -0.117. The average Bonchev–Trinajstić information content (AvgIpc) is 3.01. The van der Waals surface area contributed by atoms with E-state index in [4.69, 9.17) is 4.74 Å². The number of hydrogen-bond acceptors (Lipinski definition) is 3. The number of benzene rings is 1. The number of carbonyl (C=O) groups excluding carboxylic acids is 1. The minimum atomic E-state index is 0.155. The van der Waals surface area contributed by atoms with Crippen molar-refractivity contribution in [3.8, 4) is 0 Å². The molecule has 0 radical (unpaired) electrons. The molecular weight excluding hydrogens is 264 g/mol. The molecule has 1 aliphatic carbocycles. The van der Waals surface area contributed by atoms with Gasteiger partial charge in [0.1, 0.15) is 0 Å². The van der Waals surface area contributed by atoms with Crippen molar-refractivity contribution in [3.05, 3.63) is 24.3 Å². The molecule has 1 saturated heterocycles. The van der Waals surface area contributed by atoms with E-state index in [2.05, 4.69) is 16.3 Å². The minimum Gasteiger partial charge on any atom is -0.378 e. The van der Waals surface area contributed by atoms with Gasteiger partial charge in [0.2, 0.25) is 5.91 Å². The van der Waals surface area contributed by atoms with Gasteiger partial charge in [-0.05, 0) is 30.9 Å². The van der Waals surface area contributed by atoms with Gasteiger partial charge in [-0.15, -0.1) is 0 Å². The van der Waals surface area contributed by atoms with Crippen LogP contribution in [0.1, 0.15) is 32.1 Å². The van der Waals surface area contributed by atoms with Gasteiger partial charge < -0.3 is 15.0 Å². The molecule has 1 aromatic rings. The lowest BCUT2D eigenvalue weighted by Crippen LogP contribution is -2.36. The zero-order valence-corrected chi connectivity index (χ0v) is 12.5. The molecule has 1 heterocycles. The van der Waals surface area contributed by atoms with Gasteiger partial charge in [-0.2, -0.15) is 0 Å². The van der Waals surface area contributed by atoms with Gasteiger partial charge in [-0.25, -0.2) is 0 Å². The van der Waals surface area contributed by atoms with Gasteiger partial charge in [0.05, 0.1) is 24.6 Å². The molecule has 114 valence electrons. The lowest BCUT2D eigenvalue weighted by atomic mass is 10.0. The Bertz CT molecular complexity index is 477. The van der Waals surface area contributed by atoms with Gasteiger partial charge in [0, 0.05) is 19.5 Å². The summed E-state index contributed by atoms with van der Waals surface area (Å²) in [6.45, 7) is 3.28. The van der Waals surface area contributed by atoms with Crippen LogP contribution in [-0.4, -0.2) is 32.2 Å². The fourth-order valence-corrected chi connectivity index (χ4v) is 3.34.